The molecule has 3 aromatic rings. The lowest BCUT2D eigenvalue weighted by molar-refractivity contribution is -0.115. The molecule has 0 saturated heterocycles. The predicted molar refractivity (Wildman–Crippen MR) is 116 cm³/mol. The van der Waals surface area contributed by atoms with Crippen LogP contribution in [0, 0.1) is 20.8 Å². The standard InChI is InChI=1S/C22H26N4OS/c1-6-26-20(18-10-8-7-9-15(18)3)24-25-22(26)28-17(5)21(27)23-19-13-14(2)11-12-16(19)4/h7-13,17H,6H2,1-5H3,(H,23,27)/t17-/m0/s1. The average molecular weight is 395 g/mol. The van der Waals surface area contributed by atoms with Gasteiger partial charge >= 0.3 is 0 Å². The van der Waals surface area contributed by atoms with E-state index in [2.05, 4.69) is 46.1 Å². The zero-order valence-electron chi connectivity index (χ0n) is 17.0. The molecule has 1 heterocycles. The van der Waals surface area contributed by atoms with Crippen LogP contribution in [0.5, 0.6) is 0 Å². The molecule has 2 aromatic carbocycles. The molecule has 6 heteroatoms. The Balaban J connectivity index is 1.79. The molecule has 0 aliphatic heterocycles. The number of anilines is 1. The van der Waals surface area contributed by atoms with Crippen molar-refractivity contribution >= 4 is 23.4 Å². The zero-order valence-corrected chi connectivity index (χ0v) is 17.8. The Morgan fingerprint density at radius 1 is 1.11 bits per heavy atom. The molecule has 1 amide bonds. The van der Waals surface area contributed by atoms with Gasteiger partial charge in [0.05, 0.1) is 5.25 Å². The van der Waals surface area contributed by atoms with Crippen molar-refractivity contribution in [1.82, 2.24) is 14.8 Å². The van der Waals surface area contributed by atoms with E-state index < -0.39 is 0 Å². The first-order valence-corrected chi connectivity index (χ1v) is 10.3. The fraction of sp³-hybridized carbons (Fsp3) is 0.318. The maximum atomic E-state index is 12.7. The number of aryl methyl sites for hydroxylation is 3. The molecule has 5 nitrogen and oxygen atoms in total. The molecular weight excluding hydrogens is 368 g/mol. The smallest absolute Gasteiger partial charge is 0.237 e. The van der Waals surface area contributed by atoms with Crippen molar-refractivity contribution in [1.29, 1.82) is 0 Å². The Hall–Kier alpha value is -2.60. The maximum absolute atomic E-state index is 12.7. The van der Waals surface area contributed by atoms with Gasteiger partial charge in [-0.2, -0.15) is 0 Å². The number of nitrogens with zero attached hydrogens (tertiary/aromatic N) is 3. The van der Waals surface area contributed by atoms with E-state index in [1.165, 1.54) is 11.8 Å². The Morgan fingerprint density at radius 2 is 1.86 bits per heavy atom. The van der Waals surface area contributed by atoms with E-state index in [0.717, 1.165) is 45.5 Å². The highest BCUT2D eigenvalue weighted by atomic mass is 32.2. The molecule has 1 aromatic heterocycles. The molecular formula is C22H26N4OS. The minimum absolute atomic E-state index is 0.0400. The largest absolute Gasteiger partial charge is 0.325 e. The van der Waals surface area contributed by atoms with Gasteiger partial charge in [-0.05, 0) is 57.4 Å². The molecule has 0 aliphatic carbocycles. The summed E-state index contributed by atoms with van der Waals surface area (Å²) in [5.74, 6) is 0.798. The number of hydrogen-bond donors (Lipinski definition) is 1. The van der Waals surface area contributed by atoms with Crippen molar-refractivity contribution in [2.24, 2.45) is 0 Å². The summed E-state index contributed by atoms with van der Waals surface area (Å²) in [6, 6.07) is 14.2. The van der Waals surface area contributed by atoms with Gasteiger partial charge in [0.2, 0.25) is 5.91 Å². The average Bonchev–Trinajstić information content (AvgIpc) is 3.07. The molecule has 0 spiro atoms. The van der Waals surface area contributed by atoms with Gasteiger partial charge in [-0.1, -0.05) is 48.2 Å². The first-order chi connectivity index (χ1) is 13.4. The lowest BCUT2D eigenvalue weighted by atomic mass is 10.1. The number of amides is 1. The van der Waals surface area contributed by atoms with Crippen LogP contribution in [0.1, 0.15) is 30.5 Å². The Bertz CT molecular complexity index is 996. The second-order valence-corrected chi connectivity index (χ2v) is 8.24. The summed E-state index contributed by atoms with van der Waals surface area (Å²) >= 11 is 1.43. The van der Waals surface area contributed by atoms with E-state index in [1.54, 1.807) is 0 Å². The number of rotatable bonds is 6. The molecule has 3 rings (SSSR count). The first kappa shape index (κ1) is 20.1. The Kier molecular flexibility index (Phi) is 6.19. The van der Waals surface area contributed by atoms with Crippen LogP contribution in [0.4, 0.5) is 5.69 Å². The summed E-state index contributed by atoms with van der Waals surface area (Å²) in [6.45, 7) is 10.8. The highest BCUT2D eigenvalue weighted by Crippen LogP contribution is 2.29. The Labute approximate surface area is 170 Å². The molecule has 0 fully saturated rings. The molecule has 0 radical (unpaired) electrons. The van der Waals surface area contributed by atoms with Crippen LogP contribution < -0.4 is 5.32 Å². The number of aromatic nitrogens is 3. The van der Waals surface area contributed by atoms with E-state index in [0.29, 0.717) is 0 Å². The highest BCUT2D eigenvalue weighted by molar-refractivity contribution is 8.00. The molecule has 0 saturated carbocycles. The second-order valence-electron chi connectivity index (χ2n) is 6.93. The monoisotopic (exact) mass is 394 g/mol. The van der Waals surface area contributed by atoms with Gasteiger partial charge in [0.1, 0.15) is 0 Å². The summed E-state index contributed by atoms with van der Waals surface area (Å²) in [7, 11) is 0. The van der Waals surface area contributed by atoms with Crippen molar-refractivity contribution in [2.45, 2.75) is 51.6 Å². The van der Waals surface area contributed by atoms with Gasteiger partial charge in [-0.25, -0.2) is 0 Å². The van der Waals surface area contributed by atoms with Crippen LogP contribution in [-0.4, -0.2) is 25.9 Å². The van der Waals surface area contributed by atoms with Crippen LogP contribution in [0.15, 0.2) is 47.6 Å². The van der Waals surface area contributed by atoms with Crippen molar-refractivity contribution in [3.63, 3.8) is 0 Å². The predicted octanol–water partition coefficient (Wildman–Crippen LogP) is 5.01. The molecule has 1 atom stereocenters. The zero-order chi connectivity index (χ0) is 20.3. The van der Waals surface area contributed by atoms with Crippen LogP contribution in [0.25, 0.3) is 11.4 Å². The van der Waals surface area contributed by atoms with Gasteiger partial charge in [0.15, 0.2) is 11.0 Å². The summed E-state index contributed by atoms with van der Waals surface area (Å²) in [5.41, 5.74) is 5.25. The summed E-state index contributed by atoms with van der Waals surface area (Å²) in [6.07, 6.45) is 0. The van der Waals surface area contributed by atoms with Gasteiger partial charge in [-0.15, -0.1) is 10.2 Å². The number of nitrogens with one attached hydrogen (secondary N) is 1. The number of benzene rings is 2. The number of hydrogen-bond acceptors (Lipinski definition) is 4. The number of carbonyl (C=O) groups is 1. The molecule has 0 aliphatic rings. The van der Waals surface area contributed by atoms with Gasteiger partial charge in [-0.3, -0.25) is 4.79 Å². The summed E-state index contributed by atoms with van der Waals surface area (Å²) < 4.78 is 2.06. The van der Waals surface area contributed by atoms with E-state index >= 15 is 0 Å². The SMILES string of the molecule is CCn1c(S[C@@H](C)C(=O)Nc2cc(C)ccc2C)nnc1-c1ccccc1C. The van der Waals surface area contributed by atoms with E-state index in [1.807, 2.05) is 51.1 Å². The van der Waals surface area contributed by atoms with Crippen LogP contribution in [0.3, 0.4) is 0 Å². The van der Waals surface area contributed by atoms with Crippen molar-refractivity contribution in [3.05, 3.63) is 59.2 Å². The molecule has 0 unspecified atom stereocenters. The van der Waals surface area contributed by atoms with Crippen LogP contribution in [0.2, 0.25) is 0 Å². The minimum atomic E-state index is -0.292. The third-order valence-corrected chi connectivity index (χ3v) is 5.80. The highest BCUT2D eigenvalue weighted by Gasteiger charge is 2.21. The van der Waals surface area contributed by atoms with Crippen molar-refractivity contribution in [3.8, 4) is 11.4 Å². The Morgan fingerprint density at radius 3 is 2.57 bits per heavy atom. The van der Waals surface area contributed by atoms with Gasteiger partial charge < -0.3 is 9.88 Å². The number of carbonyl (C=O) groups excluding carboxylic acids is 1. The summed E-state index contributed by atoms with van der Waals surface area (Å²) in [5, 5.41) is 12.3. The van der Waals surface area contributed by atoms with E-state index in [9.17, 15) is 4.79 Å². The van der Waals surface area contributed by atoms with Crippen LogP contribution >= 0.6 is 11.8 Å². The first-order valence-electron chi connectivity index (χ1n) is 9.44. The third kappa shape index (κ3) is 4.28. The normalized spacial score (nSPS) is 12.0. The summed E-state index contributed by atoms with van der Waals surface area (Å²) in [4.78, 5) is 12.7. The third-order valence-electron chi connectivity index (χ3n) is 4.72. The topological polar surface area (TPSA) is 59.8 Å². The van der Waals surface area contributed by atoms with Gasteiger partial charge in [0, 0.05) is 17.8 Å². The minimum Gasteiger partial charge on any atom is -0.325 e. The number of thioether (sulfide) groups is 1. The fourth-order valence-corrected chi connectivity index (χ4v) is 3.91. The van der Waals surface area contributed by atoms with Crippen molar-refractivity contribution in [2.75, 3.05) is 5.32 Å². The maximum Gasteiger partial charge on any atom is 0.237 e. The van der Waals surface area contributed by atoms with Gasteiger partial charge in [0.25, 0.3) is 0 Å². The molecule has 0 bridgehead atoms. The molecule has 146 valence electrons. The quantitative estimate of drug-likeness (QED) is 0.597. The second kappa shape index (κ2) is 8.61. The molecule has 1 N–H and O–H groups in total. The van der Waals surface area contributed by atoms with E-state index in [4.69, 9.17) is 0 Å². The lowest BCUT2D eigenvalue weighted by Gasteiger charge is -2.14. The molecule has 28 heavy (non-hydrogen) atoms. The van der Waals surface area contributed by atoms with Crippen molar-refractivity contribution < 1.29 is 4.79 Å². The van der Waals surface area contributed by atoms with Crippen LogP contribution in [-0.2, 0) is 11.3 Å². The lowest BCUT2D eigenvalue weighted by Crippen LogP contribution is -2.23. The van der Waals surface area contributed by atoms with E-state index in [-0.39, 0.29) is 11.2 Å². The fourth-order valence-electron chi connectivity index (χ4n) is 3.00.